The lowest BCUT2D eigenvalue weighted by Crippen LogP contribution is -2.08. The van der Waals surface area contributed by atoms with Crippen molar-refractivity contribution in [3.8, 4) is 0 Å². The Morgan fingerprint density at radius 3 is 2.56 bits per heavy atom. The summed E-state index contributed by atoms with van der Waals surface area (Å²) in [6.07, 6.45) is -0.486. The molecule has 0 atom stereocenters. The summed E-state index contributed by atoms with van der Waals surface area (Å²) in [6, 6.07) is 5.93. The van der Waals surface area contributed by atoms with Crippen molar-refractivity contribution in [2.75, 3.05) is 0 Å². The predicted molar refractivity (Wildman–Crippen MR) is 53.1 cm³/mol. The van der Waals surface area contributed by atoms with Gasteiger partial charge in [-0.3, -0.25) is 9.59 Å². The van der Waals surface area contributed by atoms with Gasteiger partial charge >= 0.3 is 11.9 Å². The Labute approximate surface area is 91.7 Å². The number of halogens is 1. The number of esters is 1. The molecule has 4 nitrogen and oxygen atoms in total. The van der Waals surface area contributed by atoms with Crippen LogP contribution in [0.5, 0.6) is 0 Å². The quantitative estimate of drug-likeness (QED) is 0.776. The van der Waals surface area contributed by atoms with Crippen molar-refractivity contribution >= 4 is 11.9 Å². The smallest absolute Gasteiger partial charge is 0.306 e. The molecule has 0 aliphatic rings. The summed E-state index contributed by atoms with van der Waals surface area (Å²) in [5.74, 6) is -2.16. The van der Waals surface area contributed by atoms with Crippen molar-refractivity contribution < 1.29 is 23.8 Å². The molecule has 0 aliphatic heterocycles. The average molecular weight is 226 g/mol. The molecular formula is C11H11FO4. The Morgan fingerprint density at radius 2 is 1.94 bits per heavy atom. The first kappa shape index (κ1) is 12.2. The van der Waals surface area contributed by atoms with Crippen LogP contribution in [0.2, 0.25) is 0 Å². The van der Waals surface area contributed by atoms with Crippen LogP contribution < -0.4 is 0 Å². The Morgan fingerprint density at radius 1 is 1.25 bits per heavy atom. The third kappa shape index (κ3) is 4.08. The molecular weight excluding hydrogens is 215 g/mol. The van der Waals surface area contributed by atoms with Gasteiger partial charge in [0, 0.05) is 5.56 Å². The highest BCUT2D eigenvalue weighted by Crippen LogP contribution is 2.08. The van der Waals surface area contributed by atoms with Crippen LogP contribution in [-0.4, -0.2) is 17.0 Å². The van der Waals surface area contributed by atoms with Gasteiger partial charge in [0.15, 0.2) is 0 Å². The molecule has 1 N–H and O–H groups in total. The number of hydrogen-bond acceptors (Lipinski definition) is 3. The number of carbonyl (C=O) groups is 2. The van der Waals surface area contributed by atoms with E-state index in [9.17, 15) is 14.0 Å². The molecule has 1 aromatic carbocycles. The highest BCUT2D eigenvalue weighted by atomic mass is 19.1. The molecule has 0 unspecified atom stereocenters. The third-order valence-corrected chi connectivity index (χ3v) is 1.89. The van der Waals surface area contributed by atoms with Gasteiger partial charge < -0.3 is 9.84 Å². The fourth-order valence-corrected chi connectivity index (χ4v) is 1.05. The number of carbonyl (C=O) groups excluding carboxylic acids is 1. The van der Waals surface area contributed by atoms with Gasteiger partial charge in [-0.25, -0.2) is 4.39 Å². The molecule has 0 radical (unpaired) electrons. The van der Waals surface area contributed by atoms with Gasteiger partial charge in [0.1, 0.15) is 12.4 Å². The fourth-order valence-electron chi connectivity index (χ4n) is 1.05. The maximum atomic E-state index is 13.1. The second-order valence-corrected chi connectivity index (χ2v) is 3.15. The summed E-state index contributed by atoms with van der Waals surface area (Å²) in [5.41, 5.74) is 0.270. The van der Waals surface area contributed by atoms with E-state index in [0.29, 0.717) is 0 Å². The van der Waals surface area contributed by atoms with Crippen LogP contribution in [-0.2, 0) is 20.9 Å². The third-order valence-electron chi connectivity index (χ3n) is 1.89. The first-order chi connectivity index (χ1) is 7.59. The zero-order chi connectivity index (χ0) is 12.0. The van der Waals surface area contributed by atoms with E-state index >= 15 is 0 Å². The summed E-state index contributed by atoms with van der Waals surface area (Å²) in [7, 11) is 0. The van der Waals surface area contributed by atoms with Crippen molar-refractivity contribution in [1.82, 2.24) is 0 Å². The maximum Gasteiger partial charge on any atom is 0.306 e. The lowest BCUT2D eigenvalue weighted by atomic mass is 10.2. The largest absolute Gasteiger partial charge is 0.481 e. The minimum Gasteiger partial charge on any atom is -0.481 e. The summed E-state index contributed by atoms with van der Waals surface area (Å²) in [6.45, 7) is -0.175. The number of benzene rings is 1. The molecule has 0 fully saturated rings. The zero-order valence-electron chi connectivity index (χ0n) is 8.48. The monoisotopic (exact) mass is 226 g/mol. The molecule has 16 heavy (non-hydrogen) atoms. The molecule has 0 aliphatic carbocycles. The van der Waals surface area contributed by atoms with Crippen LogP contribution in [0, 0.1) is 5.82 Å². The molecule has 0 bridgehead atoms. The predicted octanol–water partition coefficient (Wildman–Crippen LogP) is 1.73. The Hall–Kier alpha value is -1.91. The standard InChI is InChI=1S/C11H11FO4/c12-9-4-2-1-3-8(9)7-16-11(15)6-5-10(13)14/h1-4H,5-7H2,(H,13,14). The molecule has 0 aromatic heterocycles. The van der Waals surface area contributed by atoms with Gasteiger partial charge in [-0.15, -0.1) is 0 Å². The topological polar surface area (TPSA) is 63.6 Å². The van der Waals surface area contributed by atoms with E-state index in [1.807, 2.05) is 0 Å². The summed E-state index contributed by atoms with van der Waals surface area (Å²) >= 11 is 0. The number of rotatable bonds is 5. The zero-order valence-corrected chi connectivity index (χ0v) is 8.48. The summed E-state index contributed by atoms with van der Waals surface area (Å²) < 4.78 is 17.8. The molecule has 0 spiro atoms. The van der Waals surface area contributed by atoms with E-state index in [-0.39, 0.29) is 25.0 Å². The molecule has 0 heterocycles. The number of hydrogen-bond donors (Lipinski definition) is 1. The van der Waals surface area contributed by atoms with Crippen LogP contribution in [0.3, 0.4) is 0 Å². The second kappa shape index (κ2) is 5.85. The molecule has 5 heteroatoms. The Balaban J connectivity index is 2.37. The van der Waals surface area contributed by atoms with Gasteiger partial charge in [-0.2, -0.15) is 0 Å². The van der Waals surface area contributed by atoms with Crippen molar-refractivity contribution in [3.63, 3.8) is 0 Å². The molecule has 1 aromatic rings. The first-order valence-corrected chi connectivity index (χ1v) is 4.70. The molecule has 1 rings (SSSR count). The number of aliphatic carboxylic acids is 1. The minimum absolute atomic E-state index is 0.175. The van der Waals surface area contributed by atoms with E-state index in [4.69, 9.17) is 9.84 Å². The second-order valence-electron chi connectivity index (χ2n) is 3.15. The summed E-state index contributed by atoms with van der Waals surface area (Å²) in [4.78, 5) is 21.2. The van der Waals surface area contributed by atoms with Crippen molar-refractivity contribution in [1.29, 1.82) is 0 Å². The van der Waals surface area contributed by atoms with E-state index in [1.165, 1.54) is 18.2 Å². The molecule has 0 amide bonds. The van der Waals surface area contributed by atoms with E-state index < -0.39 is 17.8 Å². The van der Waals surface area contributed by atoms with Crippen LogP contribution in [0.4, 0.5) is 4.39 Å². The van der Waals surface area contributed by atoms with E-state index in [0.717, 1.165) is 0 Å². The van der Waals surface area contributed by atoms with Gasteiger partial charge in [0.05, 0.1) is 12.8 Å². The fraction of sp³-hybridized carbons (Fsp3) is 0.273. The summed E-state index contributed by atoms with van der Waals surface area (Å²) in [5, 5.41) is 8.32. The van der Waals surface area contributed by atoms with Crippen LogP contribution in [0.1, 0.15) is 18.4 Å². The van der Waals surface area contributed by atoms with E-state index in [2.05, 4.69) is 0 Å². The van der Waals surface area contributed by atoms with Crippen LogP contribution in [0.25, 0.3) is 0 Å². The van der Waals surface area contributed by atoms with Crippen molar-refractivity contribution in [3.05, 3.63) is 35.6 Å². The Kier molecular flexibility index (Phi) is 4.44. The lowest BCUT2D eigenvalue weighted by Gasteiger charge is -2.04. The number of ether oxygens (including phenoxy) is 1. The molecule has 0 saturated carbocycles. The van der Waals surface area contributed by atoms with Crippen LogP contribution in [0.15, 0.2) is 24.3 Å². The van der Waals surface area contributed by atoms with Crippen LogP contribution >= 0.6 is 0 Å². The SMILES string of the molecule is O=C(O)CCC(=O)OCc1ccccc1F. The van der Waals surface area contributed by atoms with Gasteiger partial charge in [-0.1, -0.05) is 18.2 Å². The van der Waals surface area contributed by atoms with Gasteiger partial charge in [0.25, 0.3) is 0 Å². The van der Waals surface area contributed by atoms with Gasteiger partial charge in [-0.05, 0) is 6.07 Å². The lowest BCUT2D eigenvalue weighted by molar-refractivity contribution is -0.148. The maximum absolute atomic E-state index is 13.1. The number of carboxylic acid groups (broad SMARTS) is 1. The molecule has 0 saturated heterocycles. The minimum atomic E-state index is -1.07. The highest BCUT2D eigenvalue weighted by molar-refractivity contribution is 5.76. The first-order valence-electron chi connectivity index (χ1n) is 4.70. The van der Waals surface area contributed by atoms with Crippen molar-refractivity contribution in [2.24, 2.45) is 0 Å². The Bertz CT molecular complexity index is 389. The number of carboxylic acids is 1. The van der Waals surface area contributed by atoms with Crippen molar-refractivity contribution in [2.45, 2.75) is 19.4 Å². The highest BCUT2D eigenvalue weighted by Gasteiger charge is 2.08. The van der Waals surface area contributed by atoms with E-state index in [1.54, 1.807) is 6.07 Å². The van der Waals surface area contributed by atoms with Gasteiger partial charge in [0.2, 0.25) is 0 Å². The molecule has 86 valence electrons. The average Bonchev–Trinajstić information content (AvgIpc) is 2.25. The normalized spacial score (nSPS) is 9.81.